The molecule has 0 radical (unpaired) electrons. The van der Waals surface area contributed by atoms with E-state index in [2.05, 4.69) is 4.98 Å². The summed E-state index contributed by atoms with van der Waals surface area (Å²) >= 11 is 0. The lowest BCUT2D eigenvalue weighted by Gasteiger charge is -2.30. The Bertz CT molecular complexity index is 844. The number of fused-ring (bicyclic) bond motifs is 1. The van der Waals surface area contributed by atoms with E-state index in [1.54, 1.807) is 4.90 Å². The van der Waals surface area contributed by atoms with Gasteiger partial charge in [0, 0.05) is 36.5 Å². The highest BCUT2D eigenvalue weighted by molar-refractivity contribution is 5.82. The van der Waals surface area contributed by atoms with Crippen molar-refractivity contribution in [2.75, 3.05) is 19.7 Å². The van der Waals surface area contributed by atoms with Crippen molar-refractivity contribution < 1.29 is 19.1 Å². The van der Waals surface area contributed by atoms with Crippen LogP contribution in [0.4, 0.5) is 0 Å². The number of primary amides is 1. The maximum Gasteiger partial charge on any atom is 0.306 e. The van der Waals surface area contributed by atoms with E-state index in [1.165, 1.54) is 0 Å². The molecular formula is C20H23N3O4. The second-order valence-electron chi connectivity index (χ2n) is 6.71. The van der Waals surface area contributed by atoms with Gasteiger partial charge in [-0.1, -0.05) is 24.3 Å². The number of carbonyl (C=O) groups is 3. The smallest absolute Gasteiger partial charge is 0.306 e. The zero-order valence-electron chi connectivity index (χ0n) is 15.1. The minimum Gasteiger partial charge on any atom is -0.456 e. The third kappa shape index (κ3) is 5.03. The molecule has 7 heteroatoms. The fraction of sp³-hybridized carbons (Fsp3) is 0.400. The first-order valence-corrected chi connectivity index (χ1v) is 9.10. The Hall–Kier alpha value is -2.96. The largest absolute Gasteiger partial charge is 0.456 e. The van der Waals surface area contributed by atoms with Crippen molar-refractivity contribution in [3.8, 4) is 0 Å². The topological polar surface area (TPSA) is 103 Å². The molecule has 0 atom stereocenters. The number of esters is 1. The number of hydrogen-bond donors (Lipinski definition) is 1. The number of hydrogen-bond acceptors (Lipinski definition) is 5. The summed E-state index contributed by atoms with van der Waals surface area (Å²) in [5.41, 5.74) is 6.98. The van der Waals surface area contributed by atoms with Crippen LogP contribution in [0, 0.1) is 5.92 Å². The Morgan fingerprint density at radius 2 is 1.85 bits per heavy atom. The standard InChI is InChI=1S/C20H23N3O4/c21-20(26)15-9-11-23(12-10-15)18(24)13-27-19(25)8-7-16-6-5-14-3-1-2-4-17(14)22-16/h1-6,15H,7-13H2,(H2,21,26). The number of pyridine rings is 1. The Labute approximate surface area is 157 Å². The first kappa shape index (κ1) is 18.8. The lowest BCUT2D eigenvalue weighted by molar-refractivity contribution is -0.152. The van der Waals surface area contributed by atoms with Crippen molar-refractivity contribution in [1.29, 1.82) is 0 Å². The van der Waals surface area contributed by atoms with Crippen LogP contribution in [0.1, 0.15) is 25.0 Å². The third-order valence-electron chi connectivity index (χ3n) is 4.85. The molecule has 1 aliphatic rings. The molecule has 1 fully saturated rings. The van der Waals surface area contributed by atoms with Gasteiger partial charge in [0.2, 0.25) is 5.91 Å². The van der Waals surface area contributed by atoms with Crippen LogP contribution in [0.3, 0.4) is 0 Å². The Morgan fingerprint density at radius 3 is 2.59 bits per heavy atom. The molecule has 2 amide bonds. The van der Waals surface area contributed by atoms with Crippen molar-refractivity contribution in [2.24, 2.45) is 11.7 Å². The molecule has 0 unspecified atom stereocenters. The molecule has 142 valence electrons. The second kappa shape index (κ2) is 8.62. The Morgan fingerprint density at radius 1 is 1.11 bits per heavy atom. The van der Waals surface area contributed by atoms with Crippen molar-refractivity contribution in [2.45, 2.75) is 25.7 Å². The van der Waals surface area contributed by atoms with Crippen LogP contribution in [-0.2, 0) is 25.5 Å². The molecule has 2 heterocycles. The summed E-state index contributed by atoms with van der Waals surface area (Å²) in [5.74, 6) is -1.16. The minimum atomic E-state index is -0.426. The van der Waals surface area contributed by atoms with Crippen LogP contribution in [0.2, 0.25) is 0 Å². The van der Waals surface area contributed by atoms with Gasteiger partial charge in [-0.2, -0.15) is 0 Å². The van der Waals surface area contributed by atoms with E-state index in [0.717, 1.165) is 16.6 Å². The van der Waals surface area contributed by atoms with Crippen LogP contribution in [0.15, 0.2) is 36.4 Å². The number of aromatic nitrogens is 1. The lowest BCUT2D eigenvalue weighted by atomic mass is 9.96. The van der Waals surface area contributed by atoms with Crippen molar-refractivity contribution in [3.63, 3.8) is 0 Å². The monoisotopic (exact) mass is 369 g/mol. The van der Waals surface area contributed by atoms with Crippen LogP contribution >= 0.6 is 0 Å². The van der Waals surface area contributed by atoms with Gasteiger partial charge in [-0.25, -0.2) is 0 Å². The zero-order chi connectivity index (χ0) is 19.2. The SMILES string of the molecule is NC(=O)C1CCN(C(=O)COC(=O)CCc2ccc3ccccc3n2)CC1. The van der Waals surface area contributed by atoms with E-state index < -0.39 is 5.97 Å². The summed E-state index contributed by atoms with van der Waals surface area (Å²) < 4.78 is 5.09. The number of carbonyl (C=O) groups excluding carboxylic acids is 3. The molecule has 1 saturated heterocycles. The molecule has 7 nitrogen and oxygen atoms in total. The normalized spacial score (nSPS) is 14.9. The van der Waals surface area contributed by atoms with Crippen LogP contribution < -0.4 is 5.73 Å². The first-order valence-electron chi connectivity index (χ1n) is 9.10. The predicted molar refractivity (Wildman–Crippen MR) is 99.5 cm³/mol. The number of rotatable bonds is 6. The summed E-state index contributed by atoms with van der Waals surface area (Å²) in [7, 11) is 0. The molecule has 2 aromatic rings. The molecule has 0 spiro atoms. The van der Waals surface area contributed by atoms with Crippen LogP contribution in [-0.4, -0.2) is 47.4 Å². The van der Waals surface area contributed by atoms with Gasteiger partial charge in [0.15, 0.2) is 6.61 Å². The van der Waals surface area contributed by atoms with Crippen molar-refractivity contribution in [1.82, 2.24) is 9.88 Å². The number of likely N-dealkylation sites (tertiary alicyclic amines) is 1. The van der Waals surface area contributed by atoms with E-state index in [9.17, 15) is 14.4 Å². The number of nitrogens with zero attached hydrogens (tertiary/aromatic N) is 2. The van der Waals surface area contributed by atoms with Gasteiger partial charge in [0.25, 0.3) is 5.91 Å². The molecule has 1 aliphatic heterocycles. The maximum atomic E-state index is 12.1. The van der Waals surface area contributed by atoms with Gasteiger partial charge in [-0.15, -0.1) is 0 Å². The Balaban J connectivity index is 1.41. The van der Waals surface area contributed by atoms with E-state index in [-0.39, 0.29) is 30.8 Å². The predicted octanol–water partition coefficient (Wildman–Crippen LogP) is 1.43. The first-order chi connectivity index (χ1) is 13.0. The molecule has 3 rings (SSSR count). The molecule has 0 aliphatic carbocycles. The van der Waals surface area contributed by atoms with E-state index >= 15 is 0 Å². The Kier molecular flexibility index (Phi) is 6.01. The second-order valence-corrected chi connectivity index (χ2v) is 6.71. The number of para-hydroxylation sites is 1. The summed E-state index contributed by atoms with van der Waals surface area (Å²) in [6.45, 7) is 0.654. The quantitative estimate of drug-likeness (QED) is 0.776. The van der Waals surface area contributed by atoms with Crippen molar-refractivity contribution in [3.05, 3.63) is 42.1 Å². The average Bonchev–Trinajstić information content (AvgIpc) is 2.70. The van der Waals surface area contributed by atoms with Gasteiger partial charge in [0.05, 0.1) is 11.9 Å². The van der Waals surface area contributed by atoms with Gasteiger partial charge in [-0.05, 0) is 25.0 Å². The van der Waals surface area contributed by atoms with Gasteiger partial charge < -0.3 is 15.4 Å². The maximum absolute atomic E-state index is 12.1. The fourth-order valence-electron chi connectivity index (χ4n) is 3.20. The van der Waals surface area contributed by atoms with E-state index in [1.807, 2.05) is 36.4 Å². The number of nitrogens with two attached hydrogens (primary N) is 1. The number of ether oxygens (including phenoxy) is 1. The summed E-state index contributed by atoms with van der Waals surface area (Å²) in [5, 5.41) is 1.05. The van der Waals surface area contributed by atoms with Gasteiger partial charge in [0.1, 0.15) is 0 Å². The average molecular weight is 369 g/mol. The highest BCUT2D eigenvalue weighted by Gasteiger charge is 2.26. The molecule has 1 aromatic carbocycles. The molecule has 2 N–H and O–H groups in total. The number of benzene rings is 1. The molecule has 27 heavy (non-hydrogen) atoms. The lowest BCUT2D eigenvalue weighted by Crippen LogP contribution is -2.43. The van der Waals surface area contributed by atoms with Crippen molar-refractivity contribution >= 4 is 28.7 Å². The zero-order valence-corrected chi connectivity index (χ0v) is 15.1. The molecule has 0 saturated carbocycles. The number of piperidine rings is 1. The summed E-state index contributed by atoms with van der Waals surface area (Å²) in [6, 6.07) is 11.7. The van der Waals surface area contributed by atoms with E-state index in [4.69, 9.17) is 10.5 Å². The van der Waals surface area contributed by atoms with E-state index in [0.29, 0.717) is 32.4 Å². The summed E-state index contributed by atoms with van der Waals surface area (Å²) in [4.78, 5) is 41.3. The molecule has 1 aromatic heterocycles. The highest BCUT2D eigenvalue weighted by Crippen LogP contribution is 2.17. The van der Waals surface area contributed by atoms with Crippen LogP contribution in [0.25, 0.3) is 10.9 Å². The molecular weight excluding hydrogens is 346 g/mol. The minimum absolute atomic E-state index is 0.169. The number of amides is 2. The third-order valence-corrected chi connectivity index (χ3v) is 4.85. The number of aryl methyl sites for hydroxylation is 1. The highest BCUT2D eigenvalue weighted by atomic mass is 16.5. The van der Waals surface area contributed by atoms with Gasteiger partial charge >= 0.3 is 5.97 Å². The fourth-order valence-corrected chi connectivity index (χ4v) is 3.20. The molecule has 0 bridgehead atoms. The van der Waals surface area contributed by atoms with Crippen LogP contribution in [0.5, 0.6) is 0 Å². The summed E-state index contributed by atoms with van der Waals surface area (Å²) in [6.07, 6.45) is 1.75. The van der Waals surface area contributed by atoms with Gasteiger partial charge in [-0.3, -0.25) is 19.4 Å².